The van der Waals surface area contributed by atoms with Gasteiger partial charge in [0.1, 0.15) is 0 Å². The average molecular weight is 294 g/mol. The maximum atomic E-state index is 10.8. The van der Waals surface area contributed by atoms with Crippen LogP contribution in [0.2, 0.25) is 0 Å². The monoisotopic (exact) mass is 293 g/mol. The van der Waals surface area contributed by atoms with Crippen molar-refractivity contribution in [1.29, 1.82) is 0 Å². The van der Waals surface area contributed by atoms with E-state index in [1.807, 2.05) is 0 Å². The summed E-state index contributed by atoms with van der Waals surface area (Å²) in [5, 5.41) is 3.18. The smallest absolute Gasteiger partial charge is 0.325 e. The molecule has 8 heteroatoms. The van der Waals surface area contributed by atoms with Gasteiger partial charge in [0.05, 0.1) is 20.5 Å². The zero-order chi connectivity index (χ0) is 13.8. The average Bonchev–Trinajstić information content (AvgIpc) is 2.34. The predicted octanol–water partition coefficient (Wildman–Crippen LogP) is 1.58. The van der Waals surface area contributed by atoms with Gasteiger partial charge in [-0.25, -0.2) is 0 Å². The van der Waals surface area contributed by atoms with Crippen LogP contribution in [0.5, 0.6) is 11.5 Å². The maximum absolute atomic E-state index is 10.8. The van der Waals surface area contributed by atoms with Crippen molar-refractivity contribution in [1.82, 2.24) is 0 Å². The van der Waals surface area contributed by atoms with Gasteiger partial charge in [0, 0.05) is 5.56 Å². The molecule has 0 heterocycles. The van der Waals surface area contributed by atoms with Crippen molar-refractivity contribution in [3.05, 3.63) is 23.8 Å². The highest BCUT2D eigenvalue weighted by atomic mass is 35.5. The molecule has 18 heavy (non-hydrogen) atoms. The quantitative estimate of drug-likeness (QED) is 0.609. The van der Waals surface area contributed by atoms with Crippen LogP contribution in [-0.4, -0.2) is 34.1 Å². The summed E-state index contributed by atoms with van der Waals surface area (Å²) in [6.45, 7) is 0. The number of ether oxygens (including phenoxy) is 2. The summed E-state index contributed by atoms with van der Waals surface area (Å²) in [5.74, 6) is 0.970. The van der Waals surface area contributed by atoms with Crippen LogP contribution in [0.3, 0.4) is 0 Å². The maximum Gasteiger partial charge on any atom is 0.325 e. The molecule has 0 spiro atoms. The molecule has 0 aliphatic rings. The van der Waals surface area contributed by atoms with Crippen LogP contribution in [0.25, 0.3) is 0 Å². The normalized spacial score (nSPS) is 12.1. The minimum Gasteiger partial charge on any atom is -0.493 e. The summed E-state index contributed by atoms with van der Waals surface area (Å²) < 4.78 is 35.9. The third kappa shape index (κ3) is 4.08. The fourth-order valence-corrected chi connectivity index (χ4v) is 1.52. The molecule has 0 fully saturated rings. The van der Waals surface area contributed by atoms with Crippen molar-refractivity contribution in [3.63, 3.8) is 0 Å². The number of rotatable bonds is 5. The van der Waals surface area contributed by atoms with Gasteiger partial charge in [0.25, 0.3) is 0 Å². The molecule has 0 N–H and O–H groups in total. The van der Waals surface area contributed by atoms with E-state index < -0.39 is 10.1 Å². The van der Waals surface area contributed by atoms with Crippen molar-refractivity contribution in [2.75, 3.05) is 20.5 Å². The lowest BCUT2D eigenvalue weighted by atomic mass is 10.2. The molecule has 100 valence electrons. The van der Waals surface area contributed by atoms with Gasteiger partial charge in [0.15, 0.2) is 16.7 Å². The zero-order valence-corrected chi connectivity index (χ0v) is 11.6. The molecule has 0 aromatic heterocycles. The molecule has 0 aliphatic heterocycles. The van der Waals surface area contributed by atoms with E-state index in [4.69, 9.17) is 21.1 Å². The van der Waals surface area contributed by atoms with Gasteiger partial charge < -0.3 is 9.47 Å². The molecule has 0 saturated carbocycles. The van der Waals surface area contributed by atoms with Crippen LogP contribution >= 0.6 is 11.6 Å². The van der Waals surface area contributed by atoms with Crippen LogP contribution in [0, 0.1) is 0 Å². The van der Waals surface area contributed by atoms with Gasteiger partial charge in [-0.1, -0.05) is 16.8 Å². The Bertz CT molecular complexity index is 555. The van der Waals surface area contributed by atoms with Crippen molar-refractivity contribution in [3.8, 4) is 11.5 Å². The zero-order valence-electron chi connectivity index (χ0n) is 10.0. The Kier molecular flexibility index (Phi) is 4.80. The van der Waals surface area contributed by atoms with Crippen molar-refractivity contribution in [2.24, 2.45) is 5.16 Å². The molecule has 1 aromatic carbocycles. The number of hydrogen-bond donors (Lipinski definition) is 0. The van der Waals surface area contributed by atoms with Gasteiger partial charge in [-0.2, -0.15) is 8.42 Å². The Labute approximate surface area is 110 Å². The lowest BCUT2D eigenvalue weighted by molar-refractivity contribution is 0.344. The summed E-state index contributed by atoms with van der Waals surface area (Å²) >= 11 is 5.80. The molecule has 1 rings (SSSR count). The highest BCUT2D eigenvalue weighted by molar-refractivity contribution is 7.85. The van der Waals surface area contributed by atoms with E-state index in [0.717, 1.165) is 6.26 Å². The summed E-state index contributed by atoms with van der Waals surface area (Å²) in [7, 11) is -0.712. The first-order chi connectivity index (χ1) is 8.37. The molecule has 1 aromatic rings. The Balaban J connectivity index is 3.03. The Morgan fingerprint density at radius 1 is 1.22 bits per heavy atom. The fourth-order valence-electron chi connectivity index (χ4n) is 1.12. The lowest BCUT2D eigenvalue weighted by Crippen LogP contribution is -2.01. The summed E-state index contributed by atoms with van der Waals surface area (Å²) in [5.41, 5.74) is 0.443. The van der Waals surface area contributed by atoms with E-state index >= 15 is 0 Å². The van der Waals surface area contributed by atoms with E-state index in [1.54, 1.807) is 18.2 Å². The molecular formula is C10H12ClNO5S. The summed E-state index contributed by atoms with van der Waals surface area (Å²) in [6.07, 6.45) is 0.870. The Morgan fingerprint density at radius 2 is 1.83 bits per heavy atom. The number of hydrogen-bond acceptors (Lipinski definition) is 6. The molecule has 0 amide bonds. The van der Waals surface area contributed by atoms with Crippen molar-refractivity contribution < 1.29 is 22.2 Å². The van der Waals surface area contributed by atoms with E-state index in [-0.39, 0.29) is 5.17 Å². The minimum absolute atomic E-state index is 0.110. The Hall–Kier alpha value is -1.47. The molecule has 0 radical (unpaired) electrons. The van der Waals surface area contributed by atoms with E-state index in [0.29, 0.717) is 17.1 Å². The topological polar surface area (TPSA) is 74.2 Å². The largest absolute Gasteiger partial charge is 0.493 e. The molecule has 0 atom stereocenters. The van der Waals surface area contributed by atoms with Gasteiger partial charge in [0.2, 0.25) is 0 Å². The summed E-state index contributed by atoms with van der Waals surface area (Å²) in [6, 6.07) is 4.77. The van der Waals surface area contributed by atoms with Crippen LogP contribution in [0.1, 0.15) is 5.56 Å². The molecule has 0 bridgehead atoms. The second kappa shape index (κ2) is 5.92. The van der Waals surface area contributed by atoms with Gasteiger partial charge in [-0.15, -0.1) is 0 Å². The molecule has 0 aliphatic carbocycles. The number of benzene rings is 1. The van der Waals surface area contributed by atoms with E-state index in [9.17, 15) is 8.42 Å². The minimum atomic E-state index is -3.68. The summed E-state index contributed by atoms with van der Waals surface area (Å²) in [4.78, 5) is 0. The number of nitrogens with zero attached hydrogens (tertiary/aromatic N) is 1. The predicted molar refractivity (Wildman–Crippen MR) is 67.9 cm³/mol. The molecular weight excluding hydrogens is 282 g/mol. The first kappa shape index (κ1) is 14.6. The molecule has 0 unspecified atom stereocenters. The third-order valence-corrected chi connectivity index (χ3v) is 2.51. The van der Waals surface area contributed by atoms with Crippen LogP contribution < -0.4 is 9.47 Å². The first-order valence-electron chi connectivity index (χ1n) is 4.72. The van der Waals surface area contributed by atoms with Crippen LogP contribution in [-0.2, 0) is 14.4 Å². The standard InChI is InChI=1S/C10H12ClNO5S/c1-15-8-5-4-7(6-9(8)16-2)10(11)12-17-18(3,13)14/h4-6H,1-3H3/b12-10-. The number of oxime groups is 1. The van der Waals surface area contributed by atoms with E-state index in [2.05, 4.69) is 9.44 Å². The van der Waals surface area contributed by atoms with Gasteiger partial charge in [-0.05, 0) is 18.2 Å². The van der Waals surface area contributed by atoms with Crippen LogP contribution in [0.4, 0.5) is 0 Å². The third-order valence-electron chi connectivity index (χ3n) is 1.87. The highest BCUT2D eigenvalue weighted by Crippen LogP contribution is 2.28. The first-order valence-corrected chi connectivity index (χ1v) is 6.91. The number of methoxy groups -OCH3 is 2. The van der Waals surface area contributed by atoms with E-state index in [1.165, 1.54) is 14.2 Å². The molecule has 6 nitrogen and oxygen atoms in total. The molecule has 0 saturated heterocycles. The Morgan fingerprint density at radius 3 is 2.33 bits per heavy atom. The lowest BCUT2D eigenvalue weighted by Gasteiger charge is -2.08. The SMILES string of the molecule is COc1ccc(/C(Cl)=N/OS(C)(=O)=O)cc1OC. The second-order valence-electron chi connectivity index (χ2n) is 3.23. The van der Waals surface area contributed by atoms with Gasteiger partial charge in [-0.3, -0.25) is 4.28 Å². The fraction of sp³-hybridized carbons (Fsp3) is 0.300. The second-order valence-corrected chi connectivity index (χ2v) is 5.15. The highest BCUT2D eigenvalue weighted by Gasteiger charge is 2.09. The van der Waals surface area contributed by atoms with Crippen molar-refractivity contribution in [2.45, 2.75) is 0 Å². The number of halogens is 1. The van der Waals surface area contributed by atoms with Crippen LogP contribution in [0.15, 0.2) is 23.4 Å². The van der Waals surface area contributed by atoms with Crippen molar-refractivity contribution >= 4 is 26.9 Å². The van der Waals surface area contributed by atoms with Gasteiger partial charge >= 0.3 is 10.1 Å².